The lowest BCUT2D eigenvalue weighted by atomic mass is 9.80. The summed E-state index contributed by atoms with van der Waals surface area (Å²) >= 11 is 0. The molecule has 1 aromatic carbocycles. The van der Waals surface area contributed by atoms with Crippen molar-refractivity contribution in [1.82, 2.24) is 10.6 Å². The van der Waals surface area contributed by atoms with E-state index in [0.29, 0.717) is 19.1 Å². The largest absolute Gasteiger partial charge is 0.469 e. The number of primary sulfonamides is 1. The summed E-state index contributed by atoms with van der Waals surface area (Å²) in [6.07, 6.45) is 7.22. The Hall–Kier alpha value is -1.59. The van der Waals surface area contributed by atoms with Crippen molar-refractivity contribution in [3.63, 3.8) is 0 Å². The van der Waals surface area contributed by atoms with Crippen LogP contribution in [0.2, 0.25) is 0 Å². The molecule has 0 unspecified atom stereocenters. The summed E-state index contributed by atoms with van der Waals surface area (Å²) < 4.78 is 28.3. The van der Waals surface area contributed by atoms with Gasteiger partial charge in [-0.05, 0) is 67.3 Å². The van der Waals surface area contributed by atoms with Gasteiger partial charge in [-0.1, -0.05) is 26.0 Å². The van der Waals surface area contributed by atoms with Crippen LogP contribution in [0.5, 0.6) is 0 Å². The van der Waals surface area contributed by atoms with Gasteiger partial charge in [-0.25, -0.2) is 18.5 Å². The van der Waals surface area contributed by atoms with Gasteiger partial charge in [0.25, 0.3) is 0 Å². The highest BCUT2D eigenvalue weighted by Crippen LogP contribution is 2.29. The minimum Gasteiger partial charge on any atom is -0.469 e. The van der Waals surface area contributed by atoms with Gasteiger partial charge >= 0.3 is 0 Å². The molecule has 1 aliphatic carbocycles. The fourth-order valence-corrected chi connectivity index (χ4v) is 4.51. The molecule has 7 nitrogen and oxygen atoms in total. The molecular formula is C23H35IN4O3S. The Labute approximate surface area is 208 Å². The number of nitrogens with one attached hydrogen (secondary N) is 2. The maximum atomic E-state index is 11.4. The number of furan rings is 1. The highest BCUT2D eigenvalue weighted by Gasteiger charge is 2.23. The predicted octanol–water partition coefficient (Wildman–Crippen LogP) is 4.04. The number of halogens is 1. The summed E-state index contributed by atoms with van der Waals surface area (Å²) in [6, 6.07) is 10.8. The average Bonchev–Trinajstić information content (AvgIpc) is 3.25. The number of nitrogens with zero attached hydrogens (tertiary/aromatic N) is 1. The first-order chi connectivity index (χ1) is 14.8. The highest BCUT2D eigenvalue weighted by atomic mass is 127. The van der Waals surface area contributed by atoms with Gasteiger partial charge < -0.3 is 15.1 Å². The van der Waals surface area contributed by atoms with Crippen LogP contribution in [0.3, 0.4) is 0 Å². The summed E-state index contributed by atoms with van der Waals surface area (Å²) in [5.41, 5.74) is 0.919. The van der Waals surface area contributed by atoms with Crippen LogP contribution in [-0.2, 0) is 23.0 Å². The zero-order valence-corrected chi connectivity index (χ0v) is 21.9. The smallest absolute Gasteiger partial charge is 0.238 e. The fraction of sp³-hybridized carbons (Fsp3) is 0.522. The lowest BCUT2D eigenvalue weighted by molar-refractivity contribution is 0.250. The molecule has 0 amide bonds. The van der Waals surface area contributed by atoms with Gasteiger partial charge in [0.15, 0.2) is 5.96 Å². The molecule has 0 spiro atoms. The van der Waals surface area contributed by atoms with Gasteiger partial charge in [-0.2, -0.15) is 0 Å². The maximum Gasteiger partial charge on any atom is 0.238 e. The molecule has 1 saturated carbocycles. The molecule has 32 heavy (non-hydrogen) atoms. The molecule has 0 bridgehead atoms. The molecule has 0 atom stereocenters. The molecule has 1 fully saturated rings. The summed E-state index contributed by atoms with van der Waals surface area (Å²) in [4.78, 5) is 4.84. The van der Waals surface area contributed by atoms with E-state index in [1.54, 1.807) is 18.4 Å². The molecule has 178 valence electrons. The van der Waals surface area contributed by atoms with Crippen molar-refractivity contribution >= 4 is 40.0 Å². The van der Waals surface area contributed by atoms with Crippen molar-refractivity contribution in [1.29, 1.82) is 0 Å². The standard InChI is InChI=1S/C23H34N4O3S.HI/c1-17(2)19-7-9-20(10-8-19)27-23(25-14-13-21-4-3-15-30-21)26-16-18-5-11-22(12-6-18)31(24,28)29;/h3-6,11-12,15,17,19-20H,7-10,13-14,16H2,1-2H3,(H2,24,28,29)(H2,25,26,27);1H. The SMILES string of the molecule is CC(C)C1CCC(NC(=NCc2ccc(S(N)(=O)=O)cc2)NCCc2ccco2)CC1.I. The van der Waals surface area contributed by atoms with Gasteiger partial charge in [-0.15, -0.1) is 24.0 Å². The number of rotatable bonds is 8. The van der Waals surface area contributed by atoms with E-state index in [0.717, 1.165) is 48.4 Å². The van der Waals surface area contributed by atoms with E-state index in [4.69, 9.17) is 14.5 Å². The van der Waals surface area contributed by atoms with E-state index in [1.807, 2.05) is 12.1 Å². The molecule has 9 heteroatoms. The zero-order valence-electron chi connectivity index (χ0n) is 18.8. The van der Waals surface area contributed by atoms with E-state index >= 15 is 0 Å². The molecule has 1 heterocycles. The quantitative estimate of drug-likeness (QED) is 0.251. The Morgan fingerprint density at radius 2 is 1.84 bits per heavy atom. The summed E-state index contributed by atoms with van der Waals surface area (Å²) in [5, 5.41) is 12.2. The molecule has 1 aromatic heterocycles. The number of hydrogen-bond acceptors (Lipinski definition) is 4. The summed E-state index contributed by atoms with van der Waals surface area (Å²) in [7, 11) is -3.68. The molecular weight excluding hydrogens is 539 g/mol. The predicted molar refractivity (Wildman–Crippen MR) is 139 cm³/mol. The van der Waals surface area contributed by atoms with Crippen molar-refractivity contribution in [2.45, 2.75) is 63.4 Å². The number of sulfonamides is 1. The Bertz CT molecular complexity index is 936. The first-order valence-electron chi connectivity index (χ1n) is 11.0. The minimum atomic E-state index is -3.68. The van der Waals surface area contributed by atoms with Crippen molar-refractivity contribution in [2.75, 3.05) is 6.54 Å². The van der Waals surface area contributed by atoms with Gasteiger partial charge in [-0.3, -0.25) is 0 Å². The van der Waals surface area contributed by atoms with Crippen molar-refractivity contribution in [3.8, 4) is 0 Å². The van der Waals surface area contributed by atoms with E-state index < -0.39 is 10.0 Å². The number of nitrogens with two attached hydrogens (primary N) is 1. The van der Waals surface area contributed by atoms with Gasteiger partial charge in [0.2, 0.25) is 10.0 Å². The van der Waals surface area contributed by atoms with Crippen molar-refractivity contribution in [3.05, 3.63) is 54.0 Å². The second-order valence-electron chi connectivity index (χ2n) is 8.61. The van der Waals surface area contributed by atoms with Gasteiger partial charge in [0.05, 0.1) is 17.7 Å². The van der Waals surface area contributed by atoms with E-state index in [-0.39, 0.29) is 28.9 Å². The maximum absolute atomic E-state index is 11.4. The van der Waals surface area contributed by atoms with Crippen LogP contribution in [0.4, 0.5) is 0 Å². The molecule has 1 aliphatic rings. The lowest BCUT2D eigenvalue weighted by Gasteiger charge is -2.32. The van der Waals surface area contributed by atoms with Crippen LogP contribution in [0.25, 0.3) is 0 Å². The van der Waals surface area contributed by atoms with Crippen molar-refractivity contribution < 1.29 is 12.8 Å². The third-order valence-corrected chi connectivity index (χ3v) is 6.90. The number of guanidine groups is 1. The Kier molecular flexibility index (Phi) is 10.5. The average molecular weight is 575 g/mol. The normalized spacial score (nSPS) is 19.4. The number of hydrogen-bond donors (Lipinski definition) is 3. The van der Waals surface area contributed by atoms with Crippen LogP contribution in [0.15, 0.2) is 57.0 Å². The lowest BCUT2D eigenvalue weighted by Crippen LogP contribution is -2.45. The second kappa shape index (κ2) is 12.6. The second-order valence-corrected chi connectivity index (χ2v) is 10.2. The third kappa shape index (κ3) is 8.40. The Morgan fingerprint density at radius 1 is 1.16 bits per heavy atom. The minimum absolute atomic E-state index is 0. The molecule has 0 saturated heterocycles. The summed E-state index contributed by atoms with van der Waals surface area (Å²) in [6.45, 7) is 5.78. The van der Waals surface area contributed by atoms with Crippen LogP contribution >= 0.6 is 24.0 Å². The third-order valence-electron chi connectivity index (χ3n) is 5.97. The van der Waals surface area contributed by atoms with Gasteiger partial charge in [0, 0.05) is 19.0 Å². The monoisotopic (exact) mass is 574 g/mol. The van der Waals surface area contributed by atoms with E-state index in [9.17, 15) is 8.42 Å². The molecule has 4 N–H and O–H groups in total. The van der Waals surface area contributed by atoms with Crippen molar-refractivity contribution in [2.24, 2.45) is 22.0 Å². The molecule has 0 radical (unpaired) electrons. The zero-order chi connectivity index (χ0) is 22.3. The van der Waals surface area contributed by atoms with E-state index in [2.05, 4.69) is 24.5 Å². The first kappa shape index (κ1) is 26.7. The molecule has 3 rings (SSSR count). The number of benzene rings is 1. The van der Waals surface area contributed by atoms with Crippen LogP contribution in [0.1, 0.15) is 50.9 Å². The Balaban J connectivity index is 0.00000363. The van der Waals surface area contributed by atoms with Crippen LogP contribution in [-0.4, -0.2) is 27.0 Å². The van der Waals surface area contributed by atoms with Crippen LogP contribution in [0, 0.1) is 11.8 Å². The van der Waals surface area contributed by atoms with E-state index in [1.165, 1.54) is 25.0 Å². The molecule has 0 aliphatic heterocycles. The highest BCUT2D eigenvalue weighted by molar-refractivity contribution is 14.0. The van der Waals surface area contributed by atoms with Crippen LogP contribution < -0.4 is 15.8 Å². The fourth-order valence-electron chi connectivity index (χ4n) is 3.99. The number of aliphatic imine (C=N–C) groups is 1. The molecule has 2 aromatic rings. The summed E-state index contributed by atoms with van der Waals surface area (Å²) in [5.74, 6) is 3.25. The topological polar surface area (TPSA) is 110 Å². The van der Waals surface area contributed by atoms with Gasteiger partial charge in [0.1, 0.15) is 5.76 Å². The Morgan fingerprint density at radius 3 is 2.41 bits per heavy atom. The first-order valence-corrected chi connectivity index (χ1v) is 12.5.